The highest BCUT2D eigenvalue weighted by Gasteiger charge is 2.21. The average Bonchev–Trinajstić information content (AvgIpc) is 3.05. The van der Waals surface area contributed by atoms with Crippen LogP contribution in [0.3, 0.4) is 0 Å². The molecule has 0 aromatic carbocycles. The van der Waals surface area contributed by atoms with Gasteiger partial charge in [0.2, 0.25) is 5.91 Å². The minimum atomic E-state index is 0.245. The number of fused-ring (bicyclic) bond motifs is 1. The zero-order valence-corrected chi connectivity index (χ0v) is 15.1. The largest absolute Gasteiger partial charge is 0.342 e. The van der Waals surface area contributed by atoms with E-state index in [0.29, 0.717) is 18.9 Å². The van der Waals surface area contributed by atoms with E-state index in [1.54, 1.807) is 12.4 Å². The van der Waals surface area contributed by atoms with Crippen LogP contribution in [0.5, 0.6) is 0 Å². The summed E-state index contributed by atoms with van der Waals surface area (Å²) in [5, 5.41) is 1.10. The van der Waals surface area contributed by atoms with E-state index in [9.17, 15) is 4.79 Å². The number of carbonyl (C=O) groups is 1. The van der Waals surface area contributed by atoms with Crippen molar-refractivity contribution >= 4 is 16.9 Å². The van der Waals surface area contributed by atoms with Gasteiger partial charge in [0.25, 0.3) is 0 Å². The van der Waals surface area contributed by atoms with Crippen LogP contribution in [0.1, 0.15) is 26.2 Å². The molecule has 0 bridgehead atoms. The number of aryl methyl sites for hydroxylation is 1. The van der Waals surface area contributed by atoms with Gasteiger partial charge in [-0.15, -0.1) is 0 Å². The van der Waals surface area contributed by atoms with Gasteiger partial charge in [-0.05, 0) is 49.1 Å². The number of carbonyl (C=O) groups excluding carboxylic acids is 1. The molecule has 5 heteroatoms. The molecule has 0 spiro atoms. The molecular weight excluding hydrogens is 324 g/mol. The summed E-state index contributed by atoms with van der Waals surface area (Å²) in [6.07, 6.45) is 8.25. The van der Waals surface area contributed by atoms with Gasteiger partial charge in [0, 0.05) is 55.6 Å². The number of aromatic nitrogens is 3. The smallest absolute Gasteiger partial charge is 0.224 e. The van der Waals surface area contributed by atoms with E-state index in [-0.39, 0.29) is 5.91 Å². The molecule has 0 unspecified atom stereocenters. The Morgan fingerprint density at radius 2 is 2.08 bits per heavy atom. The molecule has 0 aliphatic carbocycles. The van der Waals surface area contributed by atoms with Gasteiger partial charge in [0.05, 0.1) is 5.69 Å². The van der Waals surface area contributed by atoms with Crippen molar-refractivity contribution in [1.82, 2.24) is 19.4 Å². The molecule has 0 saturated carbocycles. The Hall–Kier alpha value is -2.69. The fourth-order valence-corrected chi connectivity index (χ4v) is 3.86. The van der Waals surface area contributed by atoms with Crippen LogP contribution in [0.25, 0.3) is 22.3 Å². The van der Waals surface area contributed by atoms with Crippen molar-refractivity contribution in [2.24, 2.45) is 5.92 Å². The summed E-state index contributed by atoms with van der Waals surface area (Å²) in [4.78, 5) is 23.4. The van der Waals surface area contributed by atoms with E-state index in [1.165, 1.54) is 6.42 Å². The molecule has 3 aromatic heterocycles. The minimum Gasteiger partial charge on any atom is -0.342 e. The highest BCUT2D eigenvalue weighted by Crippen LogP contribution is 2.27. The molecule has 3 aromatic rings. The van der Waals surface area contributed by atoms with E-state index in [0.717, 1.165) is 41.8 Å². The third-order valence-electron chi connectivity index (χ3n) is 5.19. The topological polar surface area (TPSA) is 51.0 Å². The number of hydrogen-bond donors (Lipinski definition) is 0. The predicted octanol–water partition coefficient (Wildman–Crippen LogP) is 3.75. The van der Waals surface area contributed by atoms with Crippen molar-refractivity contribution in [3.05, 3.63) is 48.9 Å². The van der Waals surface area contributed by atoms with E-state index >= 15 is 0 Å². The third-order valence-corrected chi connectivity index (χ3v) is 5.19. The Labute approximate surface area is 153 Å². The predicted molar refractivity (Wildman–Crippen MR) is 103 cm³/mol. The summed E-state index contributed by atoms with van der Waals surface area (Å²) in [5.41, 5.74) is 3.11. The van der Waals surface area contributed by atoms with Crippen molar-refractivity contribution in [2.75, 3.05) is 13.1 Å². The van der Waals surface area contributed by atoms with E-state index < -0.39 is 0 Å². The summed E-state index contributed by atoms with van der Waals surface area (Å²) in [6, 6.07) is 10.2. The maximum absolute atomic E-state index is 12.7. The molecule has 134 valence electrons. The number of amides is 1. The molecule has 1 saturated heterocycles. The van der Waals surface area contributed by atoms with Crippen LogP contribution < -0.4 is 0 Å². The van der Waals surface area contributed by atoms with Gasteiger partial charge in [-0.3, -0.25) is 9.78 Å². The highest BCUT2D eigenvalue weighted by atomic mass is 16.2. The molecule has 0 N–H and O–H groups in total. The first-order chi connectivity index (χ1) is 12.7. The number of likely N-dealkylation sites (tertiary alicyclic amines) is 1. The van der Waals surface area contributed by atoms with E-state index in [1.807, 2.05) is 29.3 Å². The fourth-order valence-electron chi connectivity index (χ4n) is 3.86. The monoisotopic (exact) mass is 348 g/mol. The second-order valence-electron chi connectivity index (χ2n) is 7.17. The first-order valence-electron chi connectivity index (χ1n) is 9.35. The van der Waals surface area contributed by atoms with Crippen LogP contribution >= 0.6 is 0 Å². The minimum absolute atomic E-state index is 0.245. The summed E-state index contributed by atoms with van der Waals surface area (Å²) in [6.45, 7) is 4.65. The molecule has 1 aliphatic heterocycles. The lowest BCUT2D eigenvalue weighted by Gasteiger charge is -2.31. The second-order valence-corrected chi connectivity index (χ2v) is 7.17. The molecular formula is C21H24N4O. The van der Waals surface area contributed by atoms with Gasteiger partial charge in [-0.2, -0.15) is 0 Å². The number of hydrogen-bond acceptors (Lipinski definition) is 3. The maximum atomic E-state index is 12.7. The van der Waals surface area contributed by atoms with Gasteiger partial charge in [0.1, 0.15) is 5.65 Å². The van der Waals surface area contributed by atoms with Crippen molar-refractivity contribution in [3.63, 3.8) is 0 Å². The number of rotatable bonds is 4. The van der Waals surface area contributed by atoms with Crippen molar-refractivity contribution in [2.45, 2.75) is 32.7 Å². The molecule has 0 radical (unpaired) electrons. The van der Waals surface area contributed by atoms with Gasteiger partial charge in [-0.25, -0.2) is 4.98 Å². The maximum Gasteiger partial charge on any atom is 0.224 e. The Morgan fingerprint density at radius 1 is 1.23 bits per heavy atom. The van der Waals surface area contributed by atoms with Crippen LogP contribution in [0.15, 0.2) is 48.9 Å². The van der Waals surface area contributed by atoms with Crippen LogP contribution in [-0.2, 0) is 11.3 Å². The first kappa shape index (κ1) is 16.8. The molecule has 26 heavy (non-hydrogen) atoms. The number of piperidine rings is 1. The summed E-state index contributed by atoms with van der Waals surface area (Å²) in [5.74, 6) is 0.851. The Morgan fingerprint density at radius 3 is 2.88 bits per heavy atom. The van der Waals surface area contributed by atoms with Crippen molar-refractivity contribution in [3.8, 4) is 11.3 Å². The molecule has 1 atom stereocenters. The molecule has 1 amide bonds. The molecule has 1 fully saturated rings. The fraction of sp³-hybridized carbons (Fsp3) is 0.381. The molecule has 4 rings (SSSR count). The molecule has 1 aliphatic rings. The van der Waals surface area contributed by atoms with Crippen molar-refractivity contribution < 1.29 is 4.79 Å². The Balaban J connectivity index is 1.60. The van der Waals surface area contributed by atoms with Gasteiger partial charge in [-0.1, -0.05) is 6.92 Å². The quantitative estimate of drug-likeness (QED) is 0.721. The number of pyridine rings is 2. The lowest BCUT2D eigenvalue weighted by Crippen LogP contribution is -2.39. The highest BCUT2D eigenvalue weighted by molar-refractivity contribution is 5.84. The van der Waals surface area contributed by atoms with Crippen LogP contribution in [0.2, 0.25) is 0 Å². The SMILES string of the molecule is C[C@@H]1CCCN(C(=O)CCn2c(-c3ccncc3)cc3cccnc32)C1. The van der Waals surface area contributed by atoms with Crippen molar-refractivity contribution in [1.29, 1.82) is 0 Å². The lowest BCUT2D eigenvalue weighted by atomic mass is 10.00. The summed E-state index contributed by atoms with van der Waals surface area (Å²) < 4.78 is 2.16. The zero-order chi connectivity index (χ0) is 17.9. The lowest BCUT2D eigenvalue weighted by molar-refractivity contribution is -0.133. The standard InChI is InChI=1S/C21H24N4O/c1-16-4-3-12-24(15-16)20(26)8-13-25-19(17-6-10-22-11-7-17)14-18-5-2-9-23-21(18)25/h2,5-7,9-11,14,16H,3-4,8,12-13,15H2,1H3/t16-/m1/s1. The third kappa shape index (κ3) is 3.34. The summed E-state index contributed by atoms with van der Waals surface area (Å²) >= 11 is 0. The van der Waals surface area contributed by atoms with Gasteiger partial charge < -0.3 is 9.47 Å². The van der Waals surface area contributed by atoms with Crippen LogP contribution in [-0.4, -0.2) is 38.4 Å². The van der Waals surface area contributed by atoms with Gasteiger partial charge in [0.15, 0.2) is 0 Å². The van der Waals surface area contributed by atoms with Crippen LogP contribution in [0.4, 0.5) is 0 Å². The number of nitrogens with zero attached hydrogens (tertiary/aromatic N) is 4. The normalized spacial score (nSPS) is 17.6. The Kier molecular flexibility index (Phi) is 4.69. The molecule has 4 heterocycles. The van der Waals surface area contributed by atoms with E-state index in [2.05, 4.69) is 33.6 Å². The van der Waals surface area contributed by atoms with Crippen LogP contribution in [0, 0.1) is 5.92 Å². The average molecular weight is 348 g/mol. The van der Waals surface area contributed by atoms with Gasteiger partial charge >= 0.3 is 0 Å². The molecule has 5 nitrogen and oxygen atoms in total. The zero-order valence-electron chi connectivity index (χ0n) is 15.1. The Bertz CT molecular complexity index is 903. The second kappa shape index (κ2) is 7.28. The first-order valence-corrected chi connectivity index (χ1v) is 9.35. The summed E-state index contributed by atoms with van der Waals surface area (Å²) in [7, 11) is 0. The van der Waals surface area contributed by atoms with E-state index in [4.69, 9.17) is 0 Å².